The molecule has 0 radical (unpaired) electrons. The molecule has 1 aliphatic heterocycles. The number of nitrogens with zero attached hydrogens (tertiary/aromatic N) is 1. The van der Waals surface area contributed by atoms with E-state index in [1.165, 1.54) is 23.5 Å². The van der Waals surface area contributed by atoms with Gasteiger partial charge in [0, 0.05) is 35.3 Å². The van der Waals surface area contributed by atoms with Gasteiger partial charge in [-0.25, -0.2) is 9.78 Å². The number of amides is 2. The van der Waals surface area contributed by atoms with Crippen molar-refractivity contribution in [1.82, 2.24) is 15.6 Å². The number of rotatable bonds is 6. The Hall–Kier alpha value is -0.750. The Bertz CT molecular complexity index is 441. The van der Waals surface area contributed by atoms with Gasteiger partial charge in [-0.05, 0) is 31.9 Å². The first-order valence-electron chi connectivity index (χ1n) is 7.20. The fraction of sp³-hybridized carbons (Fsp3) is 0.714. The Balaban J connectivity index is 1.62. The second-order valence-electron chi connectivity index (χ2n) is 5.34. The number of urea groups is 1. The summed E-state index contributed by atoms with van der Waals surface area (Å²) in [6, 6.07) is -0.0639. The quantitative estimate of drug-likeness (QED) is 0.849. The Morgan fingerprint density at radius 2 is 2.35 bits per heavy atom. The van der Waals surface area contributed by atoms with Gasteiger partial charge in [0.25, 0.3) is 0 Å². The highest BCUT2D eigenvalue weighted by Gasteiger charge is 2.29. The van der Waals surface area contributed by atoms with Crippen LogP contribution in [0.1, 0.15) is 36.6 Å². The molecule has 2 amide bonds. The van der Waals surface area contributed by atoms with Crippen LogP contribution in [0.15, 0.2) is 6.20 Å². The lowest BCUT2D eigenvalue weighted by atomic mass is 10.1. The van der Waals surface area contributed by atoms with Crippen molar-refractivity contribution >= 4 is 29.1 Å². The van der Waals surface area contributed by atoms with Crippen LogP contribution in [0.3, 0.4) is 0 Å². The fourth-order valence-corrected chi connectivity index (χ4v) is 4.32. The van der Waals surface area contributed by atoms with Crippen LogP contribution >= 0.6 is 23.1 Å². The maximum atomic E-state index is 11.7. The molecule has 0 unspecified atom stereocenters. The third kappa shape index (κ3) is 4.66. The Morgan fingerprint density at radius 3 is 3.00 bits per heavy atom. The summed E-state index contributed by atoms with van der Waals surface area (Å²) < 4.78 is 0.225. The third-order valence-electron chi connectivity index (χ3n) is 3.50. The summed E-state index contributed by atoms with van der Waals surface area (Å²) in [6.45, 7) is 5.75. The predicted molar refractivity (Wildman–Crippen MR) is 86.7 cm³/mol. The van der Waals surface area contributed by atoms with Gasteiger partial charge in [0.15, 0.2) is 0 Å². The van der Waals surface area contributed by atoms with Crippen molar-refractivity contribution in [3.63, 3.8) is 0 Å². The predicted octanol–water partition coefficient (Wildman–Crippen LogP) is 2.83. The van der Waals surface area contributed by atoms with E-state index >= 15 is 0 Å². The van der Waals surface area contributed by atoms with Crippen LogP contribution in [-0.2, 0) is 12.8 Å². The summed E-state index contributed by atoms with van der Waals surface area (Å²) >= 11 is 3.69. The third-order valence-corrected chi connectivity index (χ3v) is 6.24. The molecule has 2 heterocycles. The monoisotopic (exact) mass is 313 g/mol. The fourth-order valence-electron chi connectivity index (χ4n) is 2.22. The number of thioether (sulfide) groups is 1. The van der Waals surface area contributed by atoms with E-state index in [-0.39, 0.29) is 10.8 Å². The number of thiazole rings is 1. The maximum absolute atomic E-state index is 11.7. The molecule has 1 atom stereocenters. The molecule has 2 N–H and O–H groups in total. The molecular weight excluding hydrogens is 290 g/mol. The average molecular weight is 313 g/mol. The molecule has 1 saturated heterocycles. The van der Waals surface area contributed by atoms with Gasteiger partial charge in [-0.15, -0.1) is 11.3 Å². The molecule has 1 fully saturated rings. The number of hydrogen-bond donors (Lipinski definition) is 2. The highest BCUT2D eigenvalue weighted by atomic mass is 32.2. The van der Waals surface area contributed by atoms with E-state index in [9.17, 15) is 4.79 Å². The van der Waals surface area contributed by atoms with Crippen LogP contribution in [-0.4, -0.2) is 34.6 Å². The topological polar surface area (TPSA) is 54.0 Å². The second-order valence-corrected chi connectivity index (χ2v) is 8.22. The van der Waals surface area contributed by atoms with Gasteiger partial charge >= 0.3 is 6.03 Å². The van der Waals surface area contributed by atoms with Crippen molar-refractivity contribution in [3.8, 4) is 0 Å². The van der Waals surface area contributed by atoms with Crippen LogP contribution in [0.2, 0.25) is 0 Å². The zero-order valence-corrected chi connectivity index (χ0v) is 13.8. The van der Waals surface area contributed by atoms with Gasteiger partial charge in [0.1, 0.15) is 0 Å². The minimum absolute atomic E-state index is 0.0639. The van der Waals surface area contributed by atoms with Crippen molar-refractivity contribution in [2.24, 2.45) is 0 Å². The molecule has 0 bridgehead atoms. The molecule has 1 aromatic heterocycles. The highest BCUT2D eigenvalue weighted by molar-refractivity contribution is 8.00. The van der Waals surface area contributed by atoms with E-state index in [1.807, 2.05) is 18.0 Å². The van der Waals surface area contributed by atoms with Crippen molar-refractivity contribution in [1.29, 1.82) is 0 Å². The van der Waals surface area contributed by atoms with Crippen LogP contribution in [0.25, 0.3) is 0 Å². The molecule has 2 rings (SSSR count). The van der Waals surface area contributed by atoms with E-state index < -0.39 is 0 Å². The zero-order valence-electron chi connectivity index (χ0n) is 12.2. The van der Waals surface area contributed by atoms with Crippen molar-refractivity contribution in [2.75, 3.05) is 18.8 Å². The van der Waals surface area contributed by atoms with E-state index in [0.717, 1.165) is 24.4 Å². The number of aromatic nitrogens is 1. The Morgan fingerprint density at radius 1 is 1.50 bits per heavy atom. The number of nitrogens with one attached hydrogen (secondary N) is 2. The summed E-state index contributed by atoms with van der Waals surface area (Å²) in [6.07, 6.45) is 6.22. The van der Waals surface area contributed by atoms with Gasteiger partial charge in [-0.3, -0.25) is 0 Å². The smallest absolute Gasteiger partial charge is 0.314 e. The van der Waals surface area contributed by atoms with Crippen LogP contribution in [0, 0.1) is 0 Å². The van der Waals surface area contributed by atoms with Crippen molar-refractivity contribution in [3.05, 3.63) is 16.1 Å². The lowest BCUT2D eigenvalue weighted by Crippen LogP contribution is -2.43. The van der Waals surface area contributed by atoms with Crippen molar-refractivity contribution < 1.29 is 4.79 Å². The molecule has 1 aliphatic rings. The number of aryl methyl sites for hydroxylation is 1. The standard InChI is InChI=1S/C14H23N3OS2/c1-3-11-9-16-12(20-11)5-7-15-13(18)17-10-14(2)6-4-8-19-14/h9H,3-8,10H2,1-2H3,(H2,15,17,18)/t14-/m0/s1. The lowest BCUT2D eigenvalue weighted by molar-refractivity contribution is 0.240. The van der Waals surface area contributed by atoms with Crippen LogP contribution < -0.4 is 10.6 Å². The van der Waals surface area contributed by atoms with Gasteiger partial charge in [-0.2, -0.15) is 11.8 Å². The molecule has 6 heteroatoms. The summed E-state index contributed by atoms with van der Waals surface area (Å²) in [7, 11) is 0. The van der Waals surface area contributed by atoms with Gasteiger partial charge in [0.2, 0.25) is 0 Å². The van der Waals surface area contributed by atoms with E-state index in [0.29, 0.717) is 6.54 Å². The minimum Gasteiger partial charge on any atom is -0.338 e. The summed E-state index contributed by atoms with van der Waals surface area (Å²) in [5, 5.41) is 6.98. The van der Waals surface area contributed by atoms with Crippen LogP contribution in [0.4, 0.5) is 4.79 Å². The Labute approximate surface area is 129 Å². The largest absolute Gasteiger partial charge is 0.338 e. The summed E-state index contributed by atoms with van der Waals surface area (Å²) in [5.41, 5.74) is 0. The first-order valence-corrected chi connectivity index (χ1v) is 9.01. The van der Waals surface area contributed by atoms with Gasteiger partial charge < -0.3 is 10.6 Å². The number of carbonyl (C=O) groups is 1. The Kier molecular flexibility index (Phi) is 5.72. The van der Waals surface area contributed by atoms with E-state index in [2.05, 4.69) is 29.5 Å². The molecule has 4 nitrogen and oxygen atoms in total. The normalized spacial score (nSPS) is 21.9. The molecule has 0 aromatic carbocycles. The van der Waals surface area contributed by atoms with Crippen LogP contribution in [0.5, 0.6) is 0 Å². The molecule has 20 heavy (non-hydrogen) atoms. The molecule has 112 valence electrons. The van der Waals surface area contributed by atoms with Gasteiger partial charge in [0.05, 0.1) is 5.01 Å². The second kappa shape index (κ2) is 7.31. The van der Waals surface area contributed by atoms with Gasteiger partial charge in [-0.1, -0.05) is 6.92 Å². The summed E-state index contributed by atoms with van der Waals surface area (Å²) in [5.74, 6) is 1.21. The molecule has 0 spiro atoms. The molecule has 0 saturated carbocycles. The number of carbonyl (C=O) groups excluding carboxylic acids is 1. The zero-order chi connectivity index (χ0) is 14.4. The SMILES string of the molecule is CCc1cnc(CCNC(=O)NC[C@]2(C)CCCS2)s1. The van der Waals surface area contributed by atoms with E-state index in [1.54, 1.807) is 11.3 Å². The average Bonchev–Trinajstić information content (AvgIpc) is 3.06. The minimum atomic E-state index is -0.0639. The molecule has 1 aromatic rings. The summed E-state index contributed by atoms with van der Waals surface area (Å²) in [4.78, 5) is 17.4. The lowest BCUT2D eigenvalue weighted by Gasteiger charge is -2.22. The van der Waals surface area contributed by atoms with Crippen molar-refractivity contribution in [2.45, 2.75) is 44.3 Å². The number of hydrogen-bond acceptors (Lipinski definition) is 4. The van der Waals surface area contributed by atoms with E-state index in [4.69, 9.17) is 0 Å². The first-order chi connectivity index (χ1) is 9.61. The molecule has 0 aliphatic carbocycles. The molecular formula is C14H23N3OS2. The first kappa shape index (κ1) is 15.6. The maximum Gasteiger partial charge on any atom is 0.314 e. The highest BCUT2D eigenvalue weighted by Crippen LogP contribution is 2.36.